The highest BCUT2D eigenvalue weighted by Gasteiger charge is 2.22. The molecule has 0 aliphatic rings. The van der Waals surface area contributed by atoms with Crippen LogP contribution < -0.4 is 5.32 Å². The predicted octanol–water partition coefficient (Wildman–Crippen LogP) is 2.34. The maximum absolute atomic E-state index is 13.2. The molecule has 0 saturated carbocycles. The minimum absolute atomic E-state index is 0.155. The number of hydrogen-bond acceptors (Lipinski definition) is 3. The van der Waals surface area contributed by atoms with Crippen LogP contribution in [-0.2, 0) is 16.0 Å². The van der Waals surface area contributed by atoms with E-state index >= 15 is 0 Å². The van der Waals surface area contributed by atoms with Crippen molar-refractivity contribution >= 4 is 11.9 Å². The monoisotopic (exact) mass is 301 g/mol. The molecular formula is C17H16FNO3. The van der Waals surface area contributed by atoms with Crippen LogP contribution in [0.25, 0.3) is 0 Å². The highest BCUT2D eigenvalue weighted by molar-refractivity contribution is 5.96. The zero-order chi connectivity index (χ0) is 15.9. The number of methoxy groups -OCH3 is 1. The molecule has 2 rings (SSSR count). The third-order valence-corrected chi connectivity index (χ3v) is 3.16. The summed E-state index contributed by atoms with van der Waals surface area (Å²) in [4.78, 5) is 24.0. The van der Waals surface area contributed by atoms with Gasteiger partial charge in [-0.2, -0.15) is 0 Å². The van der Waals surface area contributed by atoms with Gasteiger partial charge in [0.05, 0.1) is 7.11 Å². The minimum atomic E-state index is -0.830. The highest BCUT2D eigenvalue weighted by atomic mass is 19.1. The Morgan fingerprint density at radius 2 is 1.86 bits per heavy atom. The Labute approximate surface area is 127 Å². The molecule has 114 valence electrons. The molecular weight excluding hydrogens is 285 g/mol. The first kappa shape index (κ1) is 15.7. The Balaban J connectivity index is 2.13. The van der Waals surface area contributed by atoms with Gasteiger partial charge in [0.25, 0.3) is 5.91 Å². The second kappa shape index (κ2) is 7.36. The van der Waals surface area contributed by atoms with Gasteiger partial charge in [-0.1, -0.05) is 36.4 Å². The number of carbonyl (C=O) groups excluding carboxylic acids is 2. The number of ether oxygens (including phenoxy) is 1. The Hall–Kier alpha value is -2.69. The van der Waals surface area contributed by atoms with E-state index in [0.29, 0.717) is 6.42 Å². The highest BCUT2D eigenvalue weighted by Crippen LogP contribution is 2.07. The largest absolute Gasteiger partial charge is 0.467 e. The van der Waals surface area contributed by atoms with E-state index in [1.807, 2.05) is 30.3 Å². The fraction of sp³-hybridized carbons (Fsp3) is 0.176. The Morgan fingerprint density at radius 3 is 2.50 bits per heavy atom. The van der Waals surface area contributed by atoms with Crippen LogP contribution in [0.15, 0.2) is 54.6 Å². The lowest BCUT2D eigenvalue weighted by Gasteiger charge is -2.16. The molecule has 0 aliphatic carbocycles. The van der Waals surface area contributed by atoms with Gasteiger partial charge in [0, 0.05) is 12.0 Å². The SMILES string of the molecule is COC(=O)[C@@H](Cc1ccccc1)NC(=O)c1cccc(F)c1. The van der Waals surface area contributed by atoms with Gasteiger partial charge in [-0.3, -0.25) is 4.79 Å². The molecule has 0 fully saturated rings. The zero-order valence-corrected chi connectivity index (χ0v) is 12.1. The summed E-state index contributed by atoms with van der Waals surface area (Å²) in [5, 5.41) is 2.58. The first-order valence-electron chi connectivity index (χ1n) is 6.78. The molecule has 0 saturated heterocycles. The van der Waals surface area contributed by atoms with Crippen LogP contribution in [0.2, 0.25) is 0 Å². The second-order valence-electron chi connectivity index (χ2n) is 4.75. The van der Waals surface area contributed by atoms with Crippen molar-refractivity contribution in [2.75, 3.05) is 7.11 Å². The first-order valence-corrected chi connectivity index (χ1v) is 6.78. The van der Waals surface area contributed by atoms with Gasteiger partial charge in [0.2, 0.25) is 0 Å². The number of hydrogen-bond donors (Lipinski definition) is 1. The fourth-order valence-electron chi connectivity index (χ4n) is 2.06. The van der Waals surface area contributed by atoms with Crippen molar-refractivity contribution in [2.45, 2.75) is 12.5 Å². The molecule has 0 heterocycles. The third kappa shape index (κ3) is 4.15. The van der Waals surface area contributed by atoms with Crippen molar-refractivity contribution in [3.05, 3.63) is 71.5 Å². The molecule has 2 aromatic carbocycles. The van der Waals surface area contributed by atoms with Crippen molar-refractivity contribution in [3.8, 4) is 0 Å². The number of halogens is 1. The molecule has 0 spiro atoms. The van der Waals surface area contributed by atoms with Gasteiger partial charge < -0.3 is 10.1 Å². The van der Waals surface area contributed by atoms with E-state index in [2.05, 4.69) is 5.32 Å². The minimum Gasteiger partial charge on any atom is -0.467 e. The standard InChI is InChI=1S/C17H16FNO3/c1-22-17(21)15(10-12-6-3-2-4-7-12)19-16(20)13-8-5-9-14(18)11-13/h2-9,11,15H,10H2,1H3,(H,19,20)/t15-/m1/s1. The number of carbonyl (C=O) groups is 2. The second-order valence-corrected chi connectivity index (χ2v) is 4.75. The number of nitrogens with one attached hydrogen (secondary N) is 1. The third-order valence-electron chi connectivity index (χ3n) is 3.16. The Bertz CT molecular complexity index is 658. The van der Waals surface area contributed by atoms with Crippen LogP contribution in [0.3, 0.4) is 0 Å². The van der Waals surface area contributed by atoms with Crippen LogP contribution in [0.4, 0.5) is 4.39 Å². The molecule has 4 nitrogen and oxygen atoms in total. The summed E-state index contributed by atoms with van der Waals surface area (Å²) < 4.78 is 17.9. The summed E-state index contributed by atoms with van der Waals surface area (Å²) in [6.07, 6.45) is 0.300. The van der Waals surface area contributed by atoms with Crippen molar-refractivity contribution in [1.82, 2.24) is 5.32 Å². The van der Waals surface area contributed by atoms with E-state index in [0.717, 1.165) is 11.6 Å². The summed E-state index contributed by atoms with van der Waals surface area (Å²) in [7, 11) is 1.26. The molecule has 1 N–H and O–H groups in total. The lowest BCUT2D eigenvalue weighted by Crippen LogP contribution is -2.43. The molecule has 0 aromatic heterocycles. The summed E-state index contributed by atoms with van der Waals surface area (Å²) >= 11 is 0. The summed E-state index contributed by atoms with van der Waals surface area (Å²) in [5.41, 5.74) is 1.04. The van der Waals surface area contributed by atoms with Crippen LogP contribution in [0.5, 0.6) is 0 Å². The Morgan fingerprint density at radius 1 is 1.14 bits per heavy atom. The lowest BCUT2D eigenvalue weighted by molar-refractivity contribution is -0.142. The van der Waals surface area contributed by atoms with Gasteiger partial charge in [-0.25, -0.2) is 9.18 Å². The van der Waals surface area contributed by atoms with E-state index in [9.17, 15) is 14.0 Å². The van der Waals surface area contributed by atoms with Gasteiger partial charge in [-0.05, 0) is 23.8 Å². The van der Waals surface area contributed by atoms with Crippen molar-refractivity contribution < 1.29 is 18.7 Å². The maximum Gasteiger partial charge on any atom is 0.328 e. The Kier molecular flexibility index (Phi) is 5.25. The smallest absolute Gasteiger partial charge is 0.328 e. The van der Waals surface area contributed by atoms with E-state index in [1.54, 1.807) is 0 Å². The van der Waals surface area contributed by atoms with Gasteiger partial charge in [0.1, 0.15) is 11.9 Å². The average molecular weight is 301 g/mol. The van der Waals surface area contributed by atoms with Crippen molar-refractivity contribution in [1.29, 1.82) is 0 Å². The summed E-state index contributed by atoms with van der Waals surface area (Å²) in [5.74, 6) is -1.58. The van der Waals surface area contributed by atoms with Crippen LogP contribution in [-0.4, -0.2) is 25.0 Å². The van der Waals surface area contributed by atoms with Gasteiger partial charge >= 0.3 is 5.97 Å². The van der Waals surface area contributed by atoms with E-state index in [-0.39, 0.29) is 5.56 Å². The molecule has 5 heteroatoms. The maximum atomic E-state index is 13.2. The molecule has 1 amide bonds. The topological polar surface area (TPSA) is 55.4 Å². The lowest BCUT2D eigenvalue weighted by atomic mass is 10.1. The van der Waals surface area contributed by atoms with Crippen molar-refractivity contribution in [2.24, 2.45) is 0 Å². The van der Waals surface area contributed by atoms with Crippen molar-refractivity contribution in [3.63, 3.8) is 0 Å². The number of rotatable bonds is 5. The first-order chi connectivity index (χ1) is 10.6. The summed E-state index contributed by atoms with van der Waals surface area (Å²) in [6, 6.07) is 13.7. The van der Waals surface area contributed by atoms with Crippen LogP contribution >= 0.6 is 0 Å². The number of amides is 1. The number of esters is 1. The van der Waals surface area contributed by atoms with Gasteiger partial charge in [0.15, 0.2) is 0 Å². The number of benzene rings is 2. The van der Waals surface area contributed by atoms with E-state index in [1.165, 1.54) is 25.3 Å². The fourth-order valence-corrected chi connectivity index (χ4v) is 2.06. The molecule has 0 aliphatic heterocycles. The van der Waals surface area contributed by atoms with E-state index < -0.39 is 23.7 Å². The molecule has 2 aromatic rings. The molecule has 1 atom stereocenters. The molecule has 22 heavy (non-hydrogen) atoms. The zero-order valence-electron chi connectivity index (χ0n) is 12.1. The van der Waals surface area contributed by atoms with Gasteiger partial charge in [-0.15, -0.1) is 0 Å². The predicted molar refractivity (Wildman–Crippen MR) is 79.8 cm³/mol. The van der Waals surface area contributed by atoms with E-state index in [4.69, 9.17) is 4.74 Å². The quantitative estimate of drug-likeness (QED) is 0.862. The van der Waals surface area contributed by atoms with Crippen LogP contribution in [0, 0.1) is 5.82 Å². The molecule has 0 bridgehead atoms. The van der Waals surface area contributed by atoms with Crippen LogP contribution in [0.1, 0.15) is 15.9 Å². The normalized spacial score (nSPS) is 11.5. The average Bonchev–Trinajstić information content (AvgIpc) is 2.54. The molecule has 0 unspecified atom stereocenters. The molecule has 0 radical (unpaired) electrons. The summed E-state index contributed by atoms with van der Waals surface area (Å²) in [6.45, 7) is 0.